The Morgan fingerprint density at radius 1 is 1.44 bits per heavy atom. The Hall–Kier alpha value is -1.46. The number of rotatable bonds is 2. The molecule has 4 nitrogen and oxygen atoms in total. The minimum absolute atomic E-state index is 0.200. The van der Waals surface area contributed by atoms with Gasteiger partial charge < -0.3 is 15.7 Å². The van der Waals surface area contributed by atoms with Crippen LogP contribution in [0.2, 0.25) is 0 Å². The molecular weight excluding hydrogens is 235 g/mol. The fourth-order valence-corrected chi connectivity index (χ4v) is 2.13. The lowest BCUT2D eigenvalue weighted by Gasteiger charge is -2.37. The van der Waals surface area contributed by atoms with Crippen LogP contribution in [0.3, 0.4) is 0 Å². The molecule has 0 unspecified atom stereocenters. The zero-order valence-corrected chi connectivity index (χ0v) is 10.1. The van der Waals surface area contributed by atoms with Crippen LogP contribution in [0.15, 0.2) is 24.3 Å². The number of likely N-dealkylation sites (tertiary alicyclic amines) is 1. The van der Waals surface area contributed by atoms with Gasteiger partial charge in [-0.25, -0.2) is 4.39 Å². The summed E-state index contributed by atoms with van der Waals surface area (Å²) in [5.74, 6) is -0.620. The van der Waals surface area contributed by atoms with Crippen LogP contribution in [0.4, 0.5) is 4.39 Å². The van der Waals surface area contributed by atoms with Crippen molar-refractivity contribution in [2.45, 2.75) is 18.4 Å². The van der Waals surface area contributed by atoms with Crippen molar-refractivity contribution in [3.63, 3.8) is 0 Å². The van der Waals surface area contributed by atoms with Gasteiger partial charge in [0.2, 0.25) is 0 Å². The Kier molecular flexibility index (Phi) is 3.63. The molecule has 1 heterocycles. The van der Waals surface area contributed by atoms with Crippen LogP contribution in [0.25, 0.3) is 0 Å². The summed E-state index contributed by atoms with van der Waals surface area (Å²) in [5, 5.41) is 9.97. The summed E-state index contributed by atoms with van der Waals surface area (Å²) in [4.78, 5) is 13.7. The maximum atomic E-state index is 13.0. The van der Waals surface area contributed by atoms with Crippen molar-refractivity contribution in [2.75, 3.05) is 19.6 Å². The lowest BCUT2D eigenvalue weighted by Crippen LogP contribution is -2.50. The zero-order chi connectivity index (χ0) is 13.2. The summed E-state index contributed by atoms with van der Waals surface area (Å²) in [7, 11) is 0. The van der Waals surface area contributed by atoms with Crippen molar-refractivity contribution >= 4 is 5.91 Å². The summed E-state index contributed by atoms with van der Waals surface area (Å²) >= 11 is 0. The van der Waals surface area contributed by atoms with Crippen molar-refractivity contribution < 1.29 is 14.3 Å². The van der Waals surface area contributed by atoms with Crippen LogP contribution in [0.5, 0.6) is 0 Å². The molecule has 1 fully saturated rings. The van der Waals surface area contributed by atoms with Gasteiger partial charge in [0.05, 0.1) is 5.60 Å². The van der Waals surface area contributed by atoms with Gasteiger partial charge in [0, 0.05) is 25.2 Å². The molecule has 18 heavy (non-hydrogen) atoms. The van der Waals surface area contributed by atoms with Crippen LogP contribution in [-0.4, -0.2) is 41.1 Å². The normalized spacial score (nSPS) is 18.7. The highest BCUT2D eigenvalue weighted by Gasteiger charge is 2.32. The van der Waals surface area contributed by atoms with Crippen molar-refractivity contribution in [3.05, 3.63) is 35.6 Å². The van der Waals surface area contributed by atoms with Crippen LogP contribution < -0.4 is 5.73 Å². The first-order valence-electron chi connectivity index (χ1n) is 6.01. The number of carbonyl (C=O) groups is 1. The summed E-state index contributed by atoms with van der Waals surface area (Å²) < 4.78 is 13.0. The Morgan fingerprint density at radius 3 is 2.67 bits per heavy atom. The monoisotopic (exact) mass is 252 g/mol. The van der Waals surface area contributed by atoms with Gasteiger partial charge in [-0.05, 0) is 31.0 Å². The largest absolute Gasteiger partial charge is 0.388 e. The second-order valence-electron chi connectivity index (χ2n) is 4.73. The number of benzene rings is 1. The second-order valence-corrected chi connectivity index (χ2v) is 4.73. The molecule has 0 atom stereocenters. The Bertz CT molecular complexity index is 442. The van der Waals surface area contributed by atoms with Crippen molar-refractivity contribution in [1.29, 1.82) is 0 Å². The van der Waals surface area contributed by atoms with Gasteiger partial charge in [0.25, 0.3) is 5.91 Å². The highest BCUT2D eigenvalue weighted by Crippen LogP contribution is 2.22. The standard InChI is InChI=1S/C13H17FN2O2/c14-11-3-1-2-10(8-11)12(17)16-6-4-13(18,9-15)5-7-16/h1-3,8,18H,4-7,9,15H2. The number of nitrogens with zero attached hydrogens (tertiary/aromatic N) is 1. The predicted octanol–water partition coefficient (Wildman–Crippen LogP) is 0.752. The summed E-state index contributed by atoms with van der Waals surface area (Å²) in [5.41, 5.74) is 4.97. The van der Waals surface area contributed by atoms with E-state index in [2.05, 4.69) is 0 Å². The minimum Gasteiger partial charge on any atom is -0.388 e. The molecule has 1 amide bonds. The van der Waals surface area contributed by atoms with Gasteiger partial charge in [-0.3, -0.25) is 4.79 Å². The van der Waals surface area contributed by atoms with E-state index in [-0.39, 0.29) is 12.5 Å². The molecule has 1 aromatic carbocycles. The molecule has 0 radical (unpaired) electrons. The predicted molar refractivity (Wildman–Crippen MR) is 65.5 cm³/mol. The van der Waals surface area contributed by atoms with Crippen LogP contribution in [0.1, 0.15) is 23.2 Å². The molecule has 98 valence electrons. The Morgan fingerprint density at radius 2 is 2.11 bits per heavy atom. The average Bonchev–Trinajstić information content (AvgIpc) is 2.39. The first-order valence-corrected chi connectivity index (χ1v) is 6.01. The first-order chi connectivity index (χ1) is 8.54. The quantitative estimate of drug-likeness (QED) is 0.816. The highest BCUT2D eigenvalue weighted by molar-refractivity contribution is 5.94. The lowest BCUT2D eigenvalue weighted by molar-refractivity contribution is -0.00952. The van der Waals surface area contributed by atoms with Crippen molar-refractivity contribution in [1.82, 2.24) is 4.90 Å². The molecule has 0 bridgehead atoms. The number of halogens is 1. The van der Waals surface area contributed by atoms with E-state index in [4.69, 9.17) is 5.73 Å². The molecule has 1 saturated heterocycles. The number of hydrogen-bond acceptors (Lipinski definition) is 3. The number of amides is 1. The smallest absolute Gasteiger partial charge is 0.253 e. The van der Waals surface area contributed by atoms with Crippen LogP contribution >= 0.6 is 0 Å². The summed E-state index contributed by atoms with van der Waals surface area (Å²) in [6.07, 6.45) is 0.926. The third kappa shape index (κ3) is 2.68. The lowest BCUT2D eigenvalue weighted by atomic mass is 9.91. The van der Waals surface area contributed by atoms with E-state index in [1.54, 1.807) is 11.0 Å². The van der Waals surface area contributed by atoms with E-state index in [0.717, 1.165) is 0 Å². The number of piperidine rings is 1. The van der Waals surface area contributed by atoms with Crippen molar-refractivity contribution in [2.24, 2.45) is 5.73 Å². The molecule has 1 aliphatic rings. The number of hydrogen-bond donors (Lipinski definition) is 2. The molecule has 0 aliphatic carbocycles. The number of carbonyl (C=O) groups excluding carboxylic acids is 1. The zero-order valence-electron chi connectivity index (χ0n) is 10.1. The van der Waals surface area contributed by atoms with Gasteiger partial charge >= 0.3 is 0 Å². The third-order valence-corrected chi connectivity index (χ3v) is 3.43. The summed E-state index contributed by atoms with van der Waals surface area (Å²) in [6, 6.07) is 5.64. The molecule has 2 rings (SSSR count). The molecule has 0 saturated carbocycles. The van der Waals surface area contributed by atoms with E-state index < -0.39 is 11.4 Å². The Balaban J connectivity index is 2.04. The average molecular weight is 252 g/mol. The van der Waals surface area contributed by atoms with E-state index in [0.29, 0.717) is 31.5 Å². The molecular formula is C13H17FN2O2. The molecule has 0 spiro atoms. The van der Waals surface area contributed by atoms with Gasteiger partial charge in [0.1, 0.15) is 5.82 Å². The fraction of sp³-hybridized carbons (Fsp3) is 0.462. The van der Waals surface area contributed by atoms with E-state index in [1.165, 1.54) is 18.2 Å². The Labute approximate surface area is 105 Å². The van der Waals surface area contributed by atoms with Gasteiger partial charge in [-0.1, -0.05) is 6.07 Å². The second kappa shape index (κ2) is 5.04. The van der Waals surface area contributed by atoms with Crippen molar-refractivity contribution in [3.8, 4) is 0 Å². The van der Waals surface area contributed by atoms with E-state index >= 15 is 0 Å². The molecule has 3 N–H and O–H groups in total. The number of aliphatic hydroxyl groups is 1. The minimum atomic E-state index is -0.862. The summed E-state index contributed by atoms with van der Waals surface area (Å²) in [6.45, 7) is 1.10. The van der Waals surface area contributed by atoms with Gasteiger partial charge in [0.15, 0.2) is 0 Å². The molecule has 5 heteroatoms. The van der Waals surface area contributed by atoms with Crippen LogP contribution in [-0.2, 0) is 0 Å². The third-order valence-electron chi connectivity index (χ3n) is 3.43. The van der Waals surface area contributed by atoms with Gasteiger partial charge in [-0.2, -0.15) is 0 Å². The number of nitrogens with two attached hydrogens (primary N) is 1. The maximum absolute atomic E-state index is 13.0. The van der Waals surface area contributed by atoms with Crippen LogP contribution in [0, 0.1) is 5.82 Å². The van der Waals surface area contributed by atoms with Gasteiger partial charge in [-0.15, -0.1) is 0 Å². The topological polar surface area (TPSA) is 66.6 Å². The molecule has 0 aromatic heterocycles. The SMILES string of the molecule is NCC1(O)CCN(C(=O)c2cccc(F)c2)CC1. The maximum Gasteiger partial charge on any atom is 0.253 e. The van der Waals surface area contributed by atoms with E-state index in [9.17, 15) is 14.3 Å². The first kappa shape index (κ1) is 13.0. The fourth-order valence-electron chi connectivity index (χ4n) is 2.13. The molecule has 1 aromatic rings. The highest BCUT2D eigenvalue weighted by atomic mass is 19.1. The van der Waals surface area contributed by atoms with E-state index in [1.807, 2.05) is 0 Å². The molecule has 1 aliphatic heterocycles.